The molecule has 1 fully saturated rings. The Morgan fingerprint density at radius 1 is 1.26 bits per heavy atom. The highest BCUT2D eigenvalue weighted by Crippen LogP contribution is 2.37. The van der Waals surface area contributed by atoms with E-state index in [1.165, 1.54) is 0 Å². The van der Waals surface area contributed by atoms with Crippen LogP contribution in [-0.2, 0) is 14.3 Å². The van der Waals surface area contributed by atoms with Crippen molar-refractivity contribution in [1.29, 1.82) is 0 Å². The Bertz CT molecular complexity index is 370. The van der Waals surface area contributed by atoms with E-state index in [9.17, 15) is 31.5 Å². The molecule has 10 heteroatoms. The number of hydrogen-bond donors (Lipinski definition) is 1. The first-order valence-corrected chi connectivity index (χ1v) is 5.12. The number of carboxylic acids is 1. The van der Waals surface area contributed by atoms with Crippen molar-refractivity contribution in [3.63, 3.8) is 0 Å². The van der Waals surface area contributed by atoms with E-state index in [2.05, 4.69) is 0 Å². The molecule has 1 heterocycles. The van der Waals surface area contributed by atoms with Gasteiger partial charge < -0.3 is 14.7 Å². The molecule has 0 spiro atoms. The first-order valence-electron chi connectivity index (χ1n) is 5.12. The lowest BCUT2D eigenvalue weighted by Crippen LogP contribution is -2.58. The normalized spacial score (nSPS) is 21.3. The fourth-order valence-corrected chi connectivity index (χ4v) is 1.59. The van der Waals surface area contributed by atoms with Gasteiger partial charge in [0.2, 0.25) is 0 Å². The molecule has 0 aliphatic carbocycles. The lowest BCUT2D eigenvalue weighted by atomic mass is 10.1. The van der Waals surface area contributed by atoms with Gasteiger partial charge in [-0.3, -0.25) is 9.59 Å². The van der Waals surface area contributed by atoms with Crippen molar-refractivity contribution in [2.24, 2.45) is 0 Å². The SMILES string of the molecule is O=C(O)CC1COCCN1C(=O)C(F)(F)C(F)(F)F. The number of nitrogens with zero attached hydrogens (tertiary/aromatic N) is 1. The van der Waals surface area contributed by atoms with Gasteiger partial charge in [-0.05, 0) is 0 Å². The number of rotatable bonds is 3. The number of amides is 1. The van der Waals surface area contributed by atoms with Crippen molar-refractivity contribution < 1.29 is 41.4 Å². The molecule has 1 saturated heterocycles. The molecule has 0 saturated carbocycles. The predicted octanol–water partition coefficient (Wildman–Crippen LogP) is 0.886. The molecule has 110 valence electrons. The third-order valence-electron chi connectivity index (χ3n) is 2.52. The summed E-state index contributed by atoms with van der Waals surface area (Å²) in [7, 11) is 0. The van der Waals surface area contributed by atoms with Crippen molar-refractivity contribution in [2.75, 3.05) is 19.8 Å². The van der Waals surface area contributed by atoms with E-state index in [-0.39, 0.29) is 11.5 Å². The molecule has 0 aromatic rings. The molecule has 1 aliphatic rings. The molecule has 1 amide bonds. The maximum atomic E-state index is 12.9. The number of carboxylic acid groups (broad SMARTS) is 1. The number of morpholine rings is 1. The average Bonchev–Trinajstić information content (AvgIpc) is 2.26. The second-order valence-electron chi connectivity index (χ2n) is 3.90. The van der Waals surface area contributed by atoms with Crippen LogP contribution in [0.3, 0.4) is 0 Å². The molecular formula is C9H10F5NO4. The standard InChI is InChI=1S/C9H10F5NO4/c10-8(11,9(12,13)14)7(18)15-1-2-19-4-5(15)3-6(16)17/h5H,1-4H2,(H,16,17). The Morgan fingerprint density at radius 3 is 2.32 bits per heavy atom. The number of aliphatic carboxylic acids is 1. The molecule has 0 bridgehead atoms. The lowest BCUT2D eigenvalue weighted by molar-refractivity contribution is -0.276. The summed E-state index contributed by atoms with van der Waals surface area (Å²) in [5.74, 6) is -9.42. The molecule has 5 nitrogen and oxygen atoms in total. The zero-order chi connectivity index (χ0) is 14.8. The largest absolute Gasteiger partial charge is 0.481 e. The van der Waals surface area contributed by atoms with Crippen molar-refractivity contribution >= 4 is 11.9 Å². The van der Waals surface area contributed by atoms with Crippen LogP contribution in [0, 0.1) is 0 Å². The van der Waals surface area contributed by atoms with Gasteiger partial charge in [-0.2, -0.15) is 22.0 Å². The van der Waals surface area contributed by atoms with Crippen LogP contribution in [0.2, 0.25) is 0 Å². The molecule has 1 rings (SSSR count). The first kappa shape index (κ1) is 15.6. The molecule has 1 unspecified atom stereocenters. The minimum atomic E-state index is -6.02. The van der Waals surface area contributed by atoms with Crippen LogP contribution in [0.1, 0.15) is 6.42 Å². The Kier molecular flexibility index (Phi) is 4.33. The van der Waals surface area contributed by atoms with Crippen molar-refractivity contribution in [2.45, 2.75) is 24.6 Å². The Balaban J connectivity index is 2.91. The van der Waals surface area contributed by atoms with Crippen LogP contribution in [-0.4, -0.2) is 59.8 Å². The minimum Gasteiger partial charge on any atom is -0.481 e. The van der Waals surface area contributed by atoms with E-state index in [4.69, 9.17) is 9.84 Å². The van der Waals surface area contributed by atoms with E-state index < -0.39 is 49.6 Å². The average molecular weight is 291 g/mol. The third kappa shape index (κ3) is 3.31. The van der Waals surface area contributed by atoms with Crippen LogP contribution in [0.4, 0.5) is 22.0 Å². The van der Waals surface area contributed by atoms with Gasteiger partial charge in [0.15, 0.2) is 0 Å². The highest BCUT2D eigenvalue weighted by atomic mass is 19.4. The van der Waals surface area contributed by atoms with E-state index >= 15 is 0 Å². The lowest BCUT2D eigenvalue weighted by Gasteiger charge is -2.36. The molecule has 0 radical (unpaired) electrons. The molecule has 0 aromatic heterocycles. The number of carbonyl (C=O) groups excluding carboxylic acids is 1. The second-order valence-corrected chi connectivity index (χ2v) is 3.90. The molecule has 0 aromatic carbocycles. The van der Waals surface area contributed by atoms with E-state index in [1.54, 1.807) is 0 Å². The summed E-state index contributed by atoms with van der Waals surface area (Å²) < 4.78 is 66.9. The predicted molar refractivity (Wildman–Crippen MR) is 49.6 cm³/mol. The Hall–Kier alpha value is -1.45. The summed E-state index contributed by atoms with van der Waals surface area (Å²) in [6.07, 6.45) is -6.78. The second kappa shape index (κ2) is 5.27. The van der Waals surface area contributed by atoms with Crippen LogP contribution < -0.4 is 0 Å². The number of carbonyl (C=O) groups is 2. The van der Waals surface area contributed by atoms with Gasteiger partial charge in [0.1, 0.15) is 0 Å². The number of ether oxygens (including phenoxy) is 1. The molecule has 1 N–H and O–H groups in total. The smallest absolute Gasteiger partial charge is 0.463 e. The van der Waals surface area contributed by atoms with Crippen LogP contribution in [0.15, 0.2) is 0 Å². The van der Waals surface area contributed by atoms with Crippen LogP contribution >= 0.6 is 0 Å². The van der Waals surface area contributed by atoms with Gasteiger partial charge >= 0.3 is 24.0 Å². The van der Waals surface area contributed by atoms with Gasteiger partial charge in [-0.25, -0.2) is 0 Å². The molecule has 1 aliphatic heterocycles. The maximum Gasteiger partial charge on any atom is 0.463 e. The zero-order valence-electron chi connectivity index (χ0n) is 9.41. The van der Waals surface area contributed by atoms with Crippen molar-refractivity contribution in [3.05, 3.63) is 0 Å². The van der Waals surface area contributed by atoms with E-state index in [0.29, 0.717) is 0 Å². The topological polar surface area (TPSA) is 66.8 Å². The highest BCUT2D eigenvalue weighted by molar-refractivity contribution is 5.85. The van der Waals surface area contributed by atoms with Crippen molar-refractivity contribution in [3.8, 4) is 0 Å². The van der Waals surface area contributed by atoms with Gasteiger partial charge in [0, 0.05) is 6.54 Å². The summed E-state index contributed by atoms with van der Waals surface area (Å²) >= 11 is 0. The van der Waals surface area contributed by atoms with Crippen LogP contribution in [0.25, 0.3) is 0 Å². The minimum absolute atomic E-state index is 0.213. The molecular weight excluding hydrogens is 281 g/mol. The fourth-order valence-electron chi connectivity index (χ4n) is 1.59. The molecule has 19 heavy (non-hydrogen) atoms. The zero-order valence-corrected chi connectivity index (χ0v) is 9.41. The van der Waals surface area contributed by atoms with Crippen LogP contribution in [0.5, 0.6) is 0 Å². The monoisotopic (exact) mass is 291 g/mol. The summed E-state index contributed by atoms with van der Waals surface area (Å²) in [4.78, 5) is 22.0. The summed E-state index contributed by atoms with van der Waals surface area (Å²) in [5.41, 5.74) is 0. The quantitative estimate of drug-likeness (QED) is 0.784. The van der Waals surface area contributed by atoms with Gasteiger partial charge in [0.05, 0.1) is 25.7 Å². The maximum absolute atomic E-state index is 12.9. The summed E-state index contributed by atoms with van der Waals surface area (Å²) in [6.45, 7) is -1.13. The summed E-state index contributed by atoms with van der Waals surface area (Å²) in [5, 5.41) is 8.52. The Morgan fingerprint density at radius 2 is 1.84 bits per heavy atom. The van der Waals surface area contributed by atoms with E-state index in [0.717, 1.165) is 0 Å². The van der Waals surface area contributed by atoms with Gasteiger partial charge in [-0.15, -0.1) is 0 Å². The summed E-state index contributed by atoms with van der Waals surface area (Å²) in [6, 6.07) is -1.34. The Labute approximate surface area is 103 Å². The fraction of sp³-hybridized carbons (Fsp3) is 0.778. The van der Waals surface area contributed by atoms with Crippen molar-refractivity contribution in [1.82, 2.24) is 4.90 Å². The number of alkyl halides is 5. The molecule has 1 atom stereocenters. The third-order valence-corrected chi connectivity index (χ3v) is 2.52. The first-order chi connectivity index (χ1) is 8.57. The number of halogens is 5. The van der Waals surface area contributed by atoms with Gasteiger partial charge in [-0.1, -0.05) is 0 Å². The number of hydrogen-bond acceptors (Lipinski definition) is 3. The highest BCUT2D eigenvalue weighted by Gasteiger charge is 2.65. The van der Waals surface area contributed by atoms with Gasteiger partial charge in [0.25, 0.3) is 0 Å². The van der Waals surface area contributed by atoms with E-state index in [1.807, 2.05) is 0 Å².